The van der Waals surface area contributed by atoms with Gasteiger partial charge in [0, 0.05) is 6.07 Å². The fourth-order valence-corrected chi connectivity index (χ4v) is 2.37. The second-order valence-electron chi connectivity index (χ2n) is 4.76. The number of fused-ring (bicyclic) bond motifs is 2. The molecule has 0 amide bonds. The molecular weight excluding hydrogens is 276 g/mol. The SMILES string of the molecule is Cc1cc(O)c2c(=O)c3c(C(=O)O)cc(O)cc3oc2c1. The van der Waals surface area contributed by atoms with E-state index >= 15 is 0 Å². The molecule has 1 heterocycles. The third kappa shape index (κ3) is 1.88. The molecule has 1 aromatic heterocycles. The number of aryl methyl sites for hydroxylation is 1. The van der Waals surface area contributed by atoms with Crippen LogP contribution in [-0.4, -0.2) is 21.3 Å². The highest BCUT2D eigenvalue weighted by molar-refractivity contribution is 6.06. The molecule has 0 aliphatic heterocycles. The van der Waals surface area contributed by atoms with Gasteiger partial charge in [-0.25, -0.2) is 4.79 Å². The molecule has 0 aliphatic carbocycles. The predicted octanol–water partition coefficient (Wildman–Crippen LogP) is 2.36. The molecular formula is C15H10O6. The minimum atomic E-state index is -1.37. The Morgan fingerprint density at radius 1 is 1.05 bits per heavy atom. The van der Waals surface area contributed by atoms with Gasteiger partial charge in [0.2, 0.25) is 5.43 Å². The molecule has 0 spiro atoms. The van der Waals surface area contributed by atoms with Crippen LogP contribution in [0.15, 0.2) is 33.5 Å². The number of carboxylic acids is 1. The lowest BCUT2D eigenvalue weighted by Gasteiger charge is -2.07. The van der Waals surface area contributed by atoms with Gasteiger partial charge in [-0.15, -0.1) is 0 Å². The summed E-state index contributed by atoms with van der Waals surface area (Å²) in [6.45, 7) is 1.72. The first kappa shape index (κ1) is 13.0. The smallest absolute Gasteiger partial charge is 0.336 e. The Morgan fingerprint density at radius 2 is 1.71 bits per heavy atom. The van der Waals surface area contributed by atoms with Crippen molar-refractivity contribution in [3.63, 3.8) is 0 Å². The third-order valence-electron chi connectivity index (χ3n) is 3.22. The summed E-state index contributed by atoms with van der Waals surface area (Å²) in [5, 5.41) is 28.4. The zero-order valence-corrected chi connectivity index (χ0v) is 10.9. The number of hydrogen-bond acceptors (Lipinski definition) is 5. The van der Waals surface area contributed by atoms with E-state index in [2.05, 4.69) is 0 Å². The highest BCUT2D eigenvalue weighted by Crippen LogP contribution is 2.30. The number of carbonyl (C=O) groups is 1. The number of carboxylic acid groups (broad SMARTS) is 1. The van der Waals surface area contributed by atoms with Gasteiger partial charge in [-0.1, -0.05) is 0 Å². The molecule has 6 nitrogen and oxygen atoms in total. The maximum absolute atomic E-state index is 12.5. The number of phenols is 2. The molecule has 0 aliphatic rings. The van der Waals surface area contributed by atoms with Crippen LogP contribution in [0.25, 0.3) is 21.9 Å². The minimum Gasteiger partial charge on any atom is -0.508 e. The lowest BCUT2D eigenvalue weighted by atomic mass is 10.0. The highest BCUT2D eigenvalue weighted by Gasteiger charge is 2.19. The lowest BCUT2D eigenvalue weighted by Crippen LogP contribution is -2.09. The standard InChI is InChI=1S/C15H10O6/c1-6-2-9(17)13-10(3-6)21-11-5-7(16)4-8(15(19)20)12(11)14(13)18/h2-5,16-17H,1H3,(H,19,20). The van der Waals surface area contributed by atoms with E-state index in [-0.39, 0.29) is 39.0 Å². The van der Waals surface area contributed by atoms with Crippen LogP contribution in [0.4, 0.5) is 0 Å². The first-order valence-corrected chi connectivity index (χ1v) is 6.05. The molecule has 0 atom stereocenters. The summed E-state index contributed by atoms with van der Waals surface area (Å²) in [7, 11) is 0. The van der Waals surface area contributed by atoms with Gasteiger partial charge in [0.15, 0.2) is 0 Å². The molecule has 0 unspecified atom stereocenters. The number of rotatable bonds is 1. The maximum Gasteiger partial charge on any atom is 0.336 e. The van der Waals surface area contributed by atoms with Gasteiger partial charge in [0.1, 0.15) is 28.1 Å². The van der Waals surface area contributed by atoms with Crippen molar-refractivity contribution in [2.45, 2.75) is 6.92 Å². The molecule has 3 N–H and O–H groups in total. The van der Waals surface area contributed by atoms with Crippen LogP contribution in [-0.2, 0) is 0 Å². The summed E-state index contributed by atoms with van der Waals surface area (Å²) in [4.78, 5) is 23.7. The van der Waals surface area contributed by atoms with E-state index in [1.807, 2.05) is 0 Å². The summed E-state index contributed by atoms with van der Waals surface area (Å²) >= 11 is 0. The average Bonchev–Trinajstić information content (AvgIpc) is 2.36. The van der Waals surface area contributed by atoms with Gasteiger partial charge in [0.25, 0.3) is 0 Å². The van der Waals surface area contributed by atoms with Crippen molar-refractivity contribution in [3.05, 3.63) is 45.6 Å². The monoisotopic (exact) mass is 286 g/mol. The largest absolute Gasteiger partial charge is 0.508 e. The number of aromatic hydroxyl groups is 2. The van der Waals surface area contributed by atoms with Crippen LogP contribution in [0, 0.1) is 6.92 Å². The number of aromatic carboxylic acids is 1. The predicted molar refractivity (Wildman–Crippen MR) is 75.0 cm³/mol. The quantitative estimate of drug-likeness (QED) is 0.593. The van der Waals surface area contributed by atoms with Crippen LogP contribution in [0.1, 0.15) is 15.9 Å². The Labute approximate surface area is 117 Å². The normalized spacial score (nSPS) is 11.1. The Bertz CT molecular complexity index is 967. The van der Waals surface area contributed by atoms with E-state index in [1.54, 1.807) is 13.0 Å². The van der Waals surface area contributed by atoms with E-state index in [4.69, 9.17) is 9.52 Å². The molecule has 0 radical (unpaired) electrons. The molecule has 0 saturated carbocycles. The molecule has 0 bridgehead atoms. The maximum atomic E-state index is 12.5. The minimum absolute atomic E-state index is 0.0464. The second kappa shape index (κ2) is 4.24. The van der Waals surface area contributed by atoms with Crippen LogP contribution in [0.2, 0.25) is 0 Å². The summed E-state index contributed by atoms with van der Waals surface area (Å²) < 4.78 is 5.48. The van der Waals surface area contributed by atoms with Crippen molar-refractivity contribution in [3.8, 4) is 11.5 Å². The van der Waals surface area contributed by atoms with Crippen molar-refractivity contribution in [2.24, 2.45) is 0 Å². The number of hydrogen-bond donors (Lipinski definition) is 3. The van der Waals surface area contributed by atoms with Crippen molar-refractivity contribution >= 4 is 27.9 Å². The van der Waals surface area contributed by atoms with E-state index in [0.29, 0.717) is 5.56 Å². The number of phenolic OH excluding ortho intramolecular Hbond substituents is 2. The molecule has 0 fully saturated rings. The van der Waals surface area contributed by atoms with Gasteiger partial charge < -0.3 is 19.7 Å². The molecule has 21 heavy (non-hydrogen) atoms. The zero-order chi connectivity index (χ0) is 15.3. The topological polar surface area (TPSA) is 108 Å². The van der Waals surface area contributed by atoms with Crippen molar-refractivity contribution in [2.75, 3.05) is 0 Å². The van der Waals surface area contributed by atoms with Crippen LogP contribution in [0.5, 0.6) is 11.5 Å². The molecule has 0 saturated heterocycles. The third-order valence-corrected chi connectivity index (χ3v) is 3.22. The van der Waals surface area contributed by atoms with Gasteiger partial charge >= 0.3 is 5.97 Å². The van der Waals surface area contributed by atoms with Crippen LogP contribution in [0.3, 0.4) is 0 Å². The molecule has 3 rings (SSSR count). The Hall–Kier alpha value is -3.02. The Kier molecular flexibility index (Phi) is 2.62. The fourth-order valence-electron chi connectivity index (χ4n) is 2.37. The van der Waals surface area contributed by atoms with Gasteiger partial charge in [-0.3, -0.25) is 4.79 Å². The molecule has 106 valence electrons. The van der Waals surface area contributed by atoms with Crippen LogP contribution >= 0.6 is 0 Å². The summed E-state index contributed by atoms with van der Waals surface area (Å²) in [5.41, 5.74) is -0.260. The van der Waals surface area contributed by atoms with Crippen LogP contribution < -0.4 is 5.43 Å². The van der Waals surface area contributed by atoms with Gasteiger partial charge in [-0.05, 0) is 30.7 Å². The summed E-state index contributed by atoms with van der Waals surface area (Å²) in [6, 6.07) is 5.09. The average molecular weight is 286 g/mol. The number of benzene rings is 2. The van der Waals surface area contributed by atoms with E-state index in [0.717, 1.165) is 6.07 Å². The molecule has 2 aromatic carbocycles. The molecule has 6 heteroatoms. The van der Waals surface area contributed by atoms with E-state index < -0.39 is 11.4 Å². The van der Waals surface area contributed by atoms with Gasteiger partial charge in [0.05, 0.1) is 10.9 Å². The lowest BCUT2D eigenvalue weighted by molar-refractivity contribution is 0.0698. The fraction of sp³-hybridized carbons (Fsp3) is 0.0667. The second-order valence-corrected chi connectivity index (χ2v) is 4.76. The first-order chi connectivity index (χ1) is 9.88. The first-order valence-electron chi connectivity index (χ1n) is 6.05. The summed E-state index contributed by atoms with van der Waals surface area (Å²) in [5.74, 6) is -1.96. The van der Waals surface area contributed by atoms with Gasteiger partial charge in [-0.2, -0.15) is 0 Å². The van der Waals surface area contributed by atoms with Crippen molar-refractivity contribution in [1.82, 2.24) is 0 Å². The van der Waals surface area contributed by atoms with Crippen molar-refractivity contribution in [1.29, 1.82) is 0 Å². The van der Waals surface area contributed by atoms with E-state index in [1.165, 1.54) is 12.1 Å². The zero-order valence-electron chi connectivity index (χ0n) is 10.9. The van der Waals surface area contributed by atoms with E-state index in [9.17, 15) is 19.8 Å². The van der Waals surface area contributed by atoms with Crippen molar-refractivity contribution < 1.29 is 24.5 Å². The Balaban J connectivity index is 2.64. The Morgan fingerprint density at radius 3 is 2.38 bits per heavy atom. The molecule has 3 aromatic rings. The summed E-state index contributed by atoms with van der Waals surface area (Å²) in [6.07, 6.45) is 0. The highest BCUT2D eigenvalue weighted by atomic mass is 16.4.